The molecule has 104 valence electrons. The van der Waals surface area contributed by atoms with E-state index in [1.165, 1.54) is 6.08 Å². The SMILES string of the molecule is CCC(O)(CC)CNC(=O)/C=C/c1ccc(N)cc1. The van der Waals surface area contributed by atoms with Crippen LogP contribution >= 0.6 is 0 Å². The number of rotatable bonds is 6. The number of anilines is 1. The smallest absolute Gasteiger partial charge is 0.244 e. The Bertz CT molecular complexity index is 434. The molecule has 1 aromatic rings. The van der Waals surface area contributed by atoms with Gasteiger partial charge in [-0.3, -0.25) is 4.79 Å². The van der Waals surface area contributed by atoms with E-state index in [1.54, 1.807) is 18.2 Å². The summed E-state index contributed by atoms with van der Waals surface area (Å²) in [6.45, 7) is 4.07. The van der Waals surface area contributed by atoms with Crippen LogP contribution in [0.15, 0.2) is 30.3 Å². The van der Waals surface area contributed by atoms with Crippen LogP contribution in [0.3, 0.4) is 0 Å². The van der Waals surface area contributed by atoms with E-state index in [2.05, 4.69) is 5.32 Å². The standard InChI is InChI=1S/C15H22N2O2/c1-3-15(19,4-2)11-17-14(18)10-7-12-5-8-13(16)9-6-12/h5-10,19H,3-4,11,16H2,1-2H3,(H,17,18)/b10-7+. The van der Waals surface area contributed by atoms with E-state index in [-0.39, 0.29) is 12.5 Å². The fourth-order valence-electron chi connectivity index (χ4n) is 1.59. The van der Waals surface area contributed by atoms with Crippen LogP contribution in [0.1, 0.15) is 32.3 Å². The number of nitrogens with one attached hydrogen (secondary N) is 1. The van der Waals surface area contributed by atoms with Crippen molar-refractivity contribution in [2.75, 3.05) is 12.3 Å². The first-order valence-corrected chi connectivity index (χ1v) is 6.53. The largest absolute Gasteiger partial charge is 0.399 e. The van der Waals surface area contributed by atoms with Gasteiger partial charge in [0.2, 0.25) is 5.91 Å². The molecular weight excluding hydrogens is 240 g/mol. The van der Waals surface area contributed by atoms with E-state index < -0.39 is 5.60 Å². The third-order valence-electron chi connectivity index (χ3n) is 3.27. The van der Waals surface area contributed by atoms with Crippen molar-refractivity contribution in [1.82, 2.24) is 5.32 Å². The molecule has 0 aliphatic carbocycles. The number of hydrogen-bond donors (Lipinski definition) is 3. The number of hydrogen-bond acceptors (Lipinski definition) is 3. The quantitative estimate of drug-likeness (QED) is 0.542. The van der Waals surface area contributed by atoms with Crippen molar-refractivity contribution in [3.05, 3.63) is 35.9 Å². The second-order valence-corrected chi connectivity index (χ2v) is 4.65. The maximum absolute atomic E-state index is 11.6. The molecule has 0 saturated heterocycles. The number of nitrogens with two attached hydrogens (primary N) is 1. The molecule has 0 radical (unpaired) electrons. The lowest BCUT2D eigenvalue weighted by atomic mass is 9.98. The Morgan fingerprint density at radius 2 is 1.89 bits per heavy atom. The number of nitrogen functional groups attached to an aromatic ring is 1. The van der Waals surface area contributed by atoms with Crippen molar-refractivity contribution in [1.29, 1.82) is 0 Å². The summed E-state index contributed by atoms with van der Waals surface area (Å²) in [5.41, 5.74) is 6.36. The Balaban J connectivity index is 2.49. The monoisotopic (exact) mass is 262 g/mol. The molecule has 0 atom stereocenters. The summed E-state index contributed by atoms with van der Waals surface area (Å²) >= 11 is 0. The number of carbonyl (C=O) groups excluding carboxylic acids is 1. The zero-order valence-corrected chi connectivity index (χ0v) is 11.5. The van der Waals surface area contributed by atoms with Gasteiger partial charge in [-0.25, -0.2) is 0 Å². The zero-order chi connectivity index (χ0) is 14.3. The molecule has 0 unspecified atom stereocenters. The van der Waals surface area contributed by atoms with Gasteiger partial charge in [-0.05, 0) is 36.6 Å². The minimum absolute atomic E-state index is 0.211. The second-order valence-electron chi connectivity index (χ2n) is 4.65. The zero-order valence-electron chi connectivity index (χ0n) is 11.5. The first kappa shape index (κ1) is 15.2. The van der Waals surface area contributed by atoms with Gasteiger partial charge >= 0.3 is 0 Å². The summed E-state index contributed by atoms with van der Waals surface area (Å²) in [6.07, 6.45) is 4.40. The molecule has 0 aliphatic heterocycles. The van der Waals surface area contributed by atoms with Gasteiger partial charge in [-0.1, -0.05) is 26.0 Å². The maximum Gasteiger partial charge on any atom is 0.244 e. The van der Waals surface area contributed by atoms with Crippen LogP contribution in [0.2, 0.25) is 0 Å². The summed E-state index contributed by atoms with van der Waals surface area (Å²) < 4.78 is 0. The molecule has 0 heterocycles. The van der Waals surface area contributed by atoms with Crippen molar-refractivity contribution in [2.24, 2.45) is 0 Å². The van der Waals surface area contributed by atoms with Crippen LogP contribution in [-0.4, -0.2) is 23.2 Å². The van der Waals surface area contributed by atoms with Gasteiger partial charge in [-0.2, -0.15) is 0 Å². The average Bonchev–Trinajstić information content (AvgIpc) is 2.44. The van der Waals surface area contributed by atoms with Gasteiger partial charge in [0.15, 0.2) is 0 Å². The molecular formula is C15H22N2O2. The fraction of sp³-hybridized carbons (Fsp3) is 0.400. The van der Waals surface area contributed by atoms with Crippen LogP contribution < -0.4 is 11.1 Å². The second kappa shape index (κ2) is 6.95. The topological polar surface area (TPSA) is 75.3 Å². The van der Waals surface area contributed by atoms with Gasteiger partial charge in [0.1, 0.15) is 0 Å². The predicted molar refractivity (Wildman–Crippen MR) is 78.4 cm³/mol. The molecule has 0 spiro atoms. The molecule has 1 aromatic carbocycles. The van der Waals surface area contributed by atoms with Crippen LogP contribution in [0, 0.1) is 0 Å². The predicted octanol–water partition coefficient (Wildman–Crippen LogP) is 1.95. The van der Waals surface area contributed by atoms with Crippen molar-refractivity contribution in [3.8, 4) is 0 Å². The number of carbonyl (C=O) groups is 1. The first-order valence-electron chi connectivity index (χ1n) is 6.53. The summed E-state index contributed by atoms with van der Waals surface area (Å²) in [4.78, 5) is 11.6. The van der Waals surface area contributed by atoms with Crippen LogP contribution in [0.4, 0.5) is 5.69 Å². The maximum atomic E-state index is 11.6. The molecule has 1 amide bonds. The lowest BCUT2D eigenvalue weighted by Crippen LogP contribution is -2.41. The van der Waals surface area contributed by atoms with E-state index in [0.717, 1.165) is 5.56 Å². The summed E-state index contributed by atoms with van der Waals surface area (Å²) in [5, 5.41) is 12.7. The molecule has 4 N–H and O–H groups in total. The normalized spacial score (nSPS) is 11.7. The molecule has 4 nitrogen and oxygen atoms in total. The van der Waals surface area contributed by atoms with Gasteiger partial charge < -0.3 is 16.2 Å². The van der Waals surface area contributed by atoms with Gasteiger partial charge in [0.05, 0.1) is 5.60 Å². The Morgan fingerprint density at radius 3 is 2.42 bits per heavy atom. The van der Waals surface area contributed by atoms with Crippen LogP contribution in [0.25, 0.3) is 6.08 Å². The lowest BCUT2D eigenvalue weighted by Gasteiger charge is -2.24. The van der Waals surface area contributed by atoms with Gasteiger partial charge in [-0.15, -0.1) is 0 Å². The van der Waals surface area contributed by atoms with Crippen LogP contribution in [-0.2, 0) is 4.79 Å². The summed E-state index contributed by atoms with van der Waals surface area (Å²) in [7, 11) is 0. The highest BCUT2D eigenvalue weighted by Gasteiger charge is 2.22. The molecule has 19 heavy (non-hydrogen) atoms. The fourth-order valence-corrected chi connectivity index (χ4v) is 1.59. The molecule has 1 rings (SSSR count). The summed E-state index contributed by atoms with van der Waals surface area (Å²) in [6, 6.07) is 7.25. The Kier molecular flexibility index (Phi) is 5.57. The molecule has 0 bridgehead atoms. The van der Waals surface area contributed by atoms with Crippen molar-refractivity contribution in [3.63, 3.8) is 0 Å². The minimum atomic E-state index is -0.815. The number of amides is 1. The Morgan fingerprint density at radius 1 is 1.32 bits per heavy atom. The number of aliphatic hydroxyl groups is 1. The lowest BCUT2D eigenvalue weighted by molar-refractivity contribution is -0.117. The number of benzene rings is 1. The Labute approximate surface area is 114 Å². The average molecular weight is 262 g/mol. The third kappa shape index (κ3) is 5.14. The molecule has 0 aliphatic rings. The summed E-state index contributed by atoms with van der Waals surface area (Å²) in [5.74, 6) is -0.211. The highest BCUT2D eigenvalue weighted by atomic mass is 16.3. The molecule has 0 aromatic heterocycles. The minimum Gasteiger partial charge on any atom is -0.399 e. The van der Waals surface area contributed by atoms with E-state index in [0.29, 0.717) is 18.5 Å². The van der Waals surface area contributed by atoms with Gasteiger partial charge in [0.25, 0.3) is 0 Å². The van der Waals surface area contributed by atoms with E-state index in [9.17, 15) is 9.90 Å². The van der Waals surface area contributed by atoms with E-state index in [1.807, 2.05) is 26.0 Å². The van der Waals surface area contributed by atoms with E-state index >= 15 is 0 Å². The highest BCUT2D eigenvalue weighted by molar-refractivity contribution is 5.91. The van der Waals surface area contributed by atoms with Crippen molar-refractivity contribution < 1.29 is 9.90 Å². The highest BCUT2D eigenvalue weighted by Crippen LogP contribution is 2.12. The van der Waals surface area contributed by atoms with Crippen molar-refractivity contribution in [2.45, 2.75) is 32.3 Å². The molecule has 0 saturated carbocycles. The van der Waals surface area contributed by atoms with Crippen LogP contribution in [0.5, 0.6) is 0 Å². The van der Waals surface area contributed by atoms with E-state index in [4.69, 9.17) is 5.73 Å². The molecule has 0 fully saturated rings. The Hall–Kier alpha value is -1.81. The first-order chi connectivity index (χ1) is 8.99. The van der Waals surface area contributed by atoms with Crippen molar-refractivity contribution >= 4 is 17.7 Å². The van der Waals surface area contributed by atoms with Gasteiger partial charge in [0, 0.05) is 18.3 Å². The third-order valence-corrected chi connectivity index (χ3v) is 3.27. The molecule has 4 heteroatoms.